The molecule has 3 rings (SSSR count). The Morgan fingerprint density at radius 2 is 1.64 bits per heavy atom. The lowest BCUT2D eigenvalue weighted by Gasteiger charge is -2.36. The first-order valence-electron chi connectivity index (χ1n) is 9.68. The van der Waals surface area contributed by atoms with Crippen LogP contribution in [0.4, 0.5) is 5.69 Å². The van der Waals surface area contributed by atoms with Gasteiger partial charge in [0.1, 0.15) is 11.5 Å². The van der Waals surface area contributed by atoms with E-state index in [1.807, 2.05) is 36.4 Å². The number of piperazine rings is 1. The second-order valence-corrected chi connectivity index (χ2v) is 7.01. The lowest BCUT2D eigenvalue weighted by atomic mass is 10.2. The number of hydrogen-bond acceptors (Lipinski definition) is 6. The van der Waals surface area contributed by atoms with Gasteiger partial charge in [-0.2, -0.15) is 0 Å². The Bertz CT molecular complexity index is 715. The Morgan fingerprint density at radius 1 is 0.929 bits per heavy atom. The van der Waals surface area contributed by atoms with E-state index in [0.29, 0.717) is 19.8 Å². The Morgan fingerprint density at radius 3 is 2.32 bits per heavy atom. The van der Waals surface area contributed by atoms with Gasteiger partial charge in [0, 0.05) is 38.4 Å². The highest BCUT2D eigenvalue weighted by atomic mass is 16.5. The van der Waals surface area contributed by atoms with Crippen LogP contribution in [0.15, 0.2) is 48.5 Å². The molecular weight excluding hydrogens is 356 g/mol. The molecule has 1 heterocycles. The maximum atomic E-state index is 10.3. The van der Waals surface area contributed by atoms with E-state index in [9.17, 15) is 5.11 Å². The fourth-order valence-corrected chi connectivity index (χ4v) is 3.41. The second kappa shape index (κ2) is 10.3. The van der Waals surface area contributed by atoms with Crippen LogP contribution in [0.3, 0.4) is 0 Å². The van der Waals surface area contributed by atoms with E-state index in [1.54, 1.807) is 14.2 Å². The second-order valence-electron chi connectivity index (χ2n) is 7.01. The monoisotopic (exact) mass is 386 g/mol. The number of β-amino-alcohol motifs (C(OH)–C–C–N with tert-alkyl or cyclic N) is 1. The maximum Gasteiger partial charge on any atom is 0.119 e. The minimum atomic E-state index is -0.488. The first kappa shape index (κ1) is 20.5. The third-order valence-corrected chi connectivity index (χ3v) is 4.99. The van der Waals surface area contributed by atoms with Crippen molar-refractivity contribution in [2.75, 3.05) is 58.5 Å². The predicted octanol–water partition coefficient (Wildman–Crippen LogP) is 2.40. The van der Waals surface area contributed by atoms with Crippen molar-refractivity contribution < 1.29 is 19.3 Å². The summed E-state index contributed by atoms with van der Waals surface area (Å²) in [6.45, 7) is 5.19. The van der Waals surface area contributed by atoms with Gasteiger partial charge in [-0.25, -0.2) is 0 Å². The van der Waals surface area contributed by atoms with Crippen molar-refractivity contribution in [3.05, 3.63) is 54.1 Å². The molecule has 1 aliphatic rings. The van der Waals surface area contributed by atoms with Crippen LogP contribution in [0.1, 0.15) is 5.56 Å². The molecule has 1 N–H and O–H groups in total. The lowest BCUT2D eigenvalue weighted by molar-refractivity contribution is 0.00910. The topological polar surface area (TPSA) is 54.4 Å². The molecule has 0 radical (unpaired) electrons. The van der Waals surface area contributed by atoms with Gasteiger partial charge < -0.3 is 24.2 Å². The molecule has 6 nitrogen and oxygen atoms in total. The van der Waals surface area contributed by atoms with Crippen molar-refractivity contribution in [2.24, 2.45) is 0 Å². The number of aliphatic hydroxyl groups excluding tert-OH is 1. The summed E-state index contributed by atoms with van der Waals surface area (Å²) >= 11 is 0. The highest BCUT2D eigenvalue weighted by molar-refractivity contribution is 5.49. The zero-order valence-corrected chi connectivity index (χ0v) is 16.7. The third kappa shape index (κ3) is 5.86. The summed E-state index contributed by atoms with van der Waals surface area (Å²) in [5, 5.41) is 10.3. The SMILES string of the molecule is COc1ccc(N2CCN(CC(O)COCc3cccc(OC)c3)CC2)cc1. The van der Waals surface area contributed by atoms with Crippen LogP contribution in [-0.4, -0.2) is 69.7 Å². The Kier molecular flexibility index (Phi) is 7.54. The summed E-state index contributed by atoms with van der Waals surface area (Å²) in [5.74, 6) is 1.69. The van der Waals surface area contributed by atoms with E-state index >= 15 is 0 Å². The summed E-state index contributed by atoms with van der Waals surface area (Å²) in [5.41, 5.74) is 2.25. The van der Waals surface area contributed by atoms with Gasteiger partial charge in [-0.3, -0.25) is 4.90 Å². The van der Waals surface area contributed by atoms with Crippen molar-refractivity contribution in [2.45, 2.75) is 12.7 Å². The van der Waals surface area contributed by atoms with E-state index in [4.69, 9.17) is 14.2 Å². The minimum absolute atomic E-state index is 0.329. The van der Waals surface area contributed by atoms with Gasteiger partial charge in [-0.05, 0) is 42.0 Å². The number of hydrogen-bond donors (Lipinski definition) is 1. The van der Waals surface area contributed by atoms with Gasteiger partial charge in [0.2, 0.25) is 0 Å². The molecule has 0 aromatic heterocycles. The molecule has 152 valence electrons. The summed E-state index contributed by atoms with van der Waals surface area (Å²) in [4.78, 5) is 4.65. The van der Waals surface area contributed by atoms with Crippen LogP contribution < -0.4 is 14.4 Å². The molecular formula is C22H30N2O4. The number of anilines is 1. The molecule has 0 amide bonds. The smallest absolute Gasteiger partial charge is 0.119 e. The van der Waals surface area contributed by atoms with Gasteiger partial charge in [-0.15, -0.1) is 0 Å². The molecule has 0 bridgehead atoms. The van der Waals surface area contributed by atoms with E-state index in [1.165, 1.54) is 5.69 Å². The van der Waals surface area contributed by atoms with Crippen molar-refractivity contribution in [1.82, 2.24) is 4.90 Å². The molecule has 1 fully saturated rings. The zero-order valence-electron chi connectivity index (χ0n) is 16.7. The van der Waals surface area contributed by atoms with E-state index in [0.717, 1.165) is 43.2 Å². The summed E-state index contributed by atoms with van der Waals surface area (Å²) in [6, 6.07) is 16.0. The van der Waals surface area contributed by atoms with Crippen molar-refractivity contribution in [3.8, 4) is 11.5 Å². The highest BCUT2D eigenvalue weighted by Crippen LogP contribution is 2.20. The third-order valence-electron chi connectivity index (χ3n) is 4.99. The normalized spacial score (nSPS) is 16.0. The van der Waals surface area contributed by atoms with Gasteiger partial charge >= 0.3 is 0 Å². The predicted molar refractivity (Wildman–Crippen MR) is 110 cm³/mol. The van der Waals surface area contributed by atoms with Gasteiger partial charge in [0.15, 0.2) is 0 Å². The molecule has 0 aliphatic carbocycles. The van der Waals surface area contributed by atoms with Crippen LogP contribution in [0, 0.1) is 0 Å². The number of methoxy groups -OCH3 is 2. The summed E-state index contributed by atoms with van der Waals surface area (Å²) in [7, 11) is 3.33. The standard InChI is InChI=1S/C22H30N2O4/c1-26-21-8-6-19(7-9-21)24-12-10-23(11-13-24)15-20(25)17-28-16-18-4-3-5-22(14-18)27-2/h3-9,14,20,25H,10-13,15-17H2,1-2H3. The van der Waals surface area contributed by atoms with Crippen molar-refractivity contribution in [1.29, 1.82) is 0 Å². The van der Waals surface area contributed by atoms with Crippen molar-refractivity contribution >= 4 is 5.69 Å². The lowest BCUT2D eigenvalue weighted by Crippen LogP contribution is -2.49. The molecule has 2 aromatic rings. The molecule has 0 spiro atoms. The first-order chi connectivity index (χ1) is 13.7. The van der Waals surface area contributed by atoms with Gasteiger partial charge in [0.05, 0.1) is 33.5 Å². The number of aliphatic hydroxyl groups is 1. The average molecular weight is 386 g/mol. The number of rotatable bonds is 9. The fourth-order valence-electron chi connectivity index (χ4n) is 3.41. The minimum Gasteiger partial charge on any atom is -0.497 e. The maximum absolute atomic E-state index is 10.3. The van der Waals surface area contributed by atoms with Crippen LogP contribution >= 0.6 is 0 Å². The molecule has 28 heavy (non-hydrogen) atoms. The molecule has 1 atom stereocenters. The van der Waals surface area contributed by atoms with Crippen LogP contribution in [0.2, 0.25) is 0 Å². The Hall–Kier alpha value is -2.28. The number of ether oxygens (including phenoxy) is 3. The molecule has 0 saturated carbocycles. The van der Waals surface area contributed by atoms with E-state index in [2.05, 4.69) is 21.9 Å². The highest BCUT2D eigenvalue weighted by Gasteiger charge is 2.19. The molecule has 2 aromatic carbocycles. The molecule has 1 unspecified atom stereocenters. The molecule has 1 aliphatic heterocycles. The zero-order chi connectivity index (χ0) is 19.8. The van der Waals surface area contributed by atoms with Gasteiger partial charge in [0.25, 0.3) is 0 Å². The van der Waals surface area contributed by atoms with E-state index in [-0.39, 0.29) is 0 Å². The van der Waals surface area contributed by atoms with Crippen LogP contribution in [0.5, 0.6) is 11.5 Å². The van der Waals surface area contributed by atoms with Crippen LogP contribution in [-0.2, 0) is 11.3 Å². The first-order valence-corrected chi connectivity index (χ1v) is 9.68. The Balaban J connectivity index is 1.36. The van der Waals surface area contributed by atoms with Gasteiger partial charge in [-0.1, -0.05) is 12.1 Å². The summed E-state index contributed by atoms with van der Waals surface area (Å²) in [6.07, 6.45) is -0.488. The number of benzene rings is 2. The summed E-state index contributed by atoms with van der Waals surface area (Å²) < 4.78 is 16.1. The molecule has 6 heteroatoms. The fraction of sp³-hybridized carbons (Fsp3) is 0.455. The average Bonchev–Trinajstić information content (AvgIpc) is 2.74. The molecule has 1 saturated heterocycles. The van der Waals surface area contributed by atoms with Crippen molar-refractivity contribution in [3.63, 3.8) is 0 Å². The van der Waals surface area contributed by atoms with Crippen LogP contribution in [0.25, 0.3) is 0 Å². The largest absolute Gasteiger partial charge is 0.497 e. The quantitative estimate of drug-likeness (QED) is 0.714. The van der Waals surface area contributed by atoms with E-state index < -0.39 is 6.10 Å². The number of nitrogens with zero attached hydrogens (tertiary/aromatic N) is 2. The Labute approximate surface area is 167 Å².